The van der Waals surface area contributed by atoms with Gasteiger partial charge in [0.15, 0.2) is 5.69 Å². The number of halogens is 1. The highest BCUT2D eigenvalue weighted by Gasteiger charge is 2.12. The minimum absolute atomic E-state index is 0.128. The van der Waals surface area contributed by atoms with Crippen molar-refractivity contribution in [1.29, 1.82) is 0 Å². The van der Waals surface area contributed by atoms with E-state index in [0.717, 1.165) is 0 Å². The molecule has 0 saturated heterocycles. The van der Waals surface area contributed by atoms with Gasteiger partial charge in [-0.1, -0.05) is 11.6 Å². The van der Waals surface area contributed by atoms with E-state index in [9.17, 15) is 4.79 Å². The summed E-state index contributed by atoms with van der Waals surface area (Å²) in [6.07, 6.45) is 1.64. The first-order chi connectivity index (χ1) is 7.18. The molecule has 4 nitrogen and oxygen atoms in total. The number of thiazole rings is 1. The van der Waals surface area contributed by atoms with Gasteiger partial charge < -0.3 is 5.11 Å². The van der Waals surface area contributed by atoms with Crippen LogP contribution in [0.4, 0.5) is 0 Å². The highest BCUT2D eigenvalue weighted by Crippen LogP contribution is 2.23. The lowest BCUT2D eigenvalue weighted by atomic mass is 10.3. The Morgan fingerprint density at radius 3 is 2.87 bits per heavy atom. The predicted octanol–water partition coefficient (Wildman–Crippen LogP) is 2.56. The highest BCUT2D eigenvalue weighted by atomic mass is 35.5. The molecule has 0 aliphatic rings. The van der Waals surface area contributed by atoms with Crippen molar-refractivity contribution >= 4 is 28.9 Å². The Bertz CT molecular complexity index is 499. The van der Waals surface area contributed by atoms with Crippen LogP contribution in [0.15, 0.2) is 23.7 Å². The van der Waals surface area contributed by atoms with Gasteiger partial charge in [-0.15, -0.1) is 11.3 Å². The monoisotopic (exact) mass is 240 g/mol. The second-order valence-corrected chi connectivity index (χ2v) is 3.97. The first-order valence-corrected chi connectivity index (χ1v) is 5.24. The van der Waals surface area contributed by atoms with Crippen molar-refractivity contribution in [3.8, 4) is 10.7 Å². The van der Waals surface area contributed by atoms with Crippen LogP contribution in [-0.4, -0.2) is 21.0 Å². The van der Waals surface area contributed by atoms with E-state index in [1.54, 1.807) is 17.6 Å². The van der Waals surface area contributed by atoms with Crippen LogP contribution in [0.25, 0.3) is 10.7 Å². The first kappa shape index (κ1) is 10.1. The van der Waals surface area contributed by atoms with Gasteiger partial charge >= 0.3 is 5.97 Å². The number of rotatable bonds is 2. The van der Waals surface area contributed by atoms with E-state index in [1.165, 1.54) is 17.4 Å². The molecule has 76 valence electrons. The van der Waals surface area contributed by atoms with Crippen LogP contribution in [0.1, 0.15) is 10.5 Å². The number of nitrogens with zero attached hydrogens (tertiary/aromatic N) is 2. The summed E-state index contributed by atoms with van der Waals surface area (Å²) in [4.78, 5) is 18.7. The third-order valence-corrected chi connectivity index (χ3v) is 2.80. The number of aromatic carboxylic acids is 1. The van der Waals surface area contributed by atoms with Gasteiger partial charge in [0.2, 0.25) is 0 Å². The summed E-state index contributed by atoms with van der Waals surface area (Å²) in [5.74, 6) is -1.14. The van der Waals surface area contributed by atoms with E-state index < -0.39 is 5.97 Å². The molecule has 0 bridgehead atoms. The maximum Gasteiger partial charge on any atom is 0.356 e. The van der Waals surface area contributed by atoms with Gasteiger partial charge in [0.1, 0.15) is 5.01 Å². The maximum atomic E-state index is 10.8. The standard InChI is InChI=1S/C9H5ClN2O2S/c10-5-1-2-6(8-11-3-4-15-8)12-7(5)9(13)14/h1-4H,(H,13,14). The number of carboxylic acid groups (broad SMARTS) is 1. The van der Waals surface area contributed by atoms with E-state index in [4.69, 9.17) is 16.7 Å². The number of carbonyl (C=O) groups is 1. The highest BCUT2D eigenvalue weighted by molar-refractivity contribution is 7.13. The SMILES string of the molecule is O=C(O)c1nc(-c2nccs2)ccc1Cl. The molecule has 0 unspecified atom stereocenters. The largest absolute Gasteiger partial charge is 0.476 e. The smallest absolute Gasteiger partial charge is 0.356 e. The normalized spacial score (nSPS) is 10.2. The Balaban J connectivity index is 2.52. The van der Waals surface area contributed by atoms with Crippen LogP contribution in [0, 0.1) is 0 Å². The number of hydrogen-bond donors (Lipinski definition) is 1. The zero-order valence-corrected chi connectivity index (χ0v) is 8.92. The molecule has 0 saturated carbocycles. The summed E-state index contributed by atoms with van der Waals surface area (Å²) < 4.78 is 0. The molecular weight excluding hydrogens is 236 g/mol. The third kappa shape index (κ3) is 1.98. The molecule has 2 rings (SSSR count). The van der Waals surface area contributed by atoms with Gasteiger partial charge in [0.05, 0.1) is 10.7 Å². The van der Waals surface area contributed by atoms with E-state index in [0.29, 0.717) is 10.7 Å². The Morgan fingerprint density at radius 1 is 1.47 bits per heavy atom. The van der Waals surface area contributed by atoms with Crippen LogP contribution in [0.5, 0.6) is 0 Å². The molecule has 0 amide bonds. The molecule has 2 heterocycles. The van der Waals surface area contributed by atoms with Gasteiger partial charge in [-0.25, -0.2) is 14.8 Å². The van der Waals surface area contributed by atoms with Crippen molar-refractivity contribution < 1.29 is 9.90 Å². The van der Waals surface area contributed by atoms with Gasteiger partial charge in [-0.3, -0.25) is 0 Å². The molecule has 0 radical (unpaired) electrons. The maximum absolute atomic E-state index is 10.8. The van der Waals surface area contributed by atoms with Crippen molar-refractivity contribution in [1.82, 2.24) is 9.97 Å². The zero-order chi connectivity index (χ0) is 10.8. The van der Waals surface area contributed by atoms with Crippen molar-refractivity contribution in [3.63, 3.8) is 0 Å². The number of carboxylic acids is 1. The fourth-order valence-electron chi connectivity index (χ4n) is 1.06. The Morgan fingerprint density at radius 2 is 2.27 bits per heavy atom. The van der Waals surface area contributed by atoms with Gasteiger partial charge in [0.25, 0.3) is 0 Å². The molecule has 15 heavy (non-hydrogen) atoms. The average Bonchev–Trinajstić information content (AvgIpc) is 2.71. The summed E-state index contributed by atoms with van der Waals surface area (Å²) in [6, 6.07) is 3.16. The number of hydrogen-bond acceptors (Lipinski definition) is 4. The van der Waals surface area contributed by atoms with Crippen LogP contribution in [0.3, 0.4) is 0 Å². The Kier molecular flexibility index (Phi) is 2.66. The van der Waals surface area contributed by atoms with Crippen LogP contribution in [-0.2, 0) is 0 Å². The summed E-state index contributed by atoms with van der Waals surface area (Å²) in [7, 11) is 0. The Labute approximate surface area is 94.2 Å². The molecule has 2 aromatic heterocycles. The first-order valence-electron chi connectivity index (χ1n) is 3.98. The lowest BCUT2D eigenvalue weighted by molar-refractivity contribution is 0.0691. The molecule has 0 aliphatic carbocycles. The minimum Gasteiger partial charge on any atom is -0.476 e. The van der Waals surface area contributed by atoms with Gasteiger partial charge in [-0.2, -0.15) is 0 Å². The zero-order valence-electron chi connectivity index (χ0n) is 7.35. The summed E-state index contributed by atoms with van der Waals surface area (Å²) in [5.41, 5.74) is 0.371. The van der Waals surface area contributed by atoms with Crippen molar-refractivity contribution in [2.24, 2.45) is 0 Å². The van der Waals surface area contributed by atoms with Crippen LogP contribution >= 0.6 is 22.9 Å². The van der Waals surface area contributed by atoms with Crippen LogP contribution < -0.4 is 0 Å². The molecule has 2 aromatic rings. The molecule has 0 fully saturated rings. The third-order valence-electron chi connectivity index (χ3n) is 1.70. The van der Waals surface area contributed by atoms with E-state index >= 15 is 0 Å². The van der Waals surface area contributed by atoms with Gasteiger partial charge in [-0.05, 0) is 12.1 Å². The summed E-state index contributed by atoms with van der Waals surface area (Å²) in [6.45, 7) is 0. The second kappa shape index (κ2) is 3.96. The average molecular weight is 241 g/mol. The quantitative estimate of drug-likeness (QED) is 0.876. The Hall–Kier alpha value is -1.46. The summed E-state index contributed by atoms with van der Waals surface area (Å²) in [5, 5.41) is 11.4. The lowest BCUT2D eigenvalue weighted by Gasteiger charge is -2.00. The fourth-order valence-corrected chi connectivity index (χ4v) is 1.85. The lowest BCUT2D eigenvalue weighted by Crippen LogP contribution is -2.02. The van der Waals surface area contributed by atoms with E-state index in [1.807, 2.05) is 0 Å². The minimum atomic E-state index is -1.14. The van der Waals surface area contributed by atoms with E-state index in [-0.39, 0.29) is 10.7 Å². The number of aromatic nitrogens is 2. The molecule has 0 aliphatic heterocycles. The molecular formula is C9H5ClN2O2S. The van der Waals surface area contributed by atoms with Crippen LogP contribution in [0.2, 0.25) is 5.02 Å². The van der Waals surface area contributed by atoms with Gasteiger partial charge in [0, 0.05) is 11.6 Å². The molecule has 6 heteroatoms. The second-order valence-electron chi connectivity index (χ2n) is 2.67. The van der Waals surface area contributed by atoms with Crippen molar-refractivity contribution in [2.75, 3.05) is 0 Å². The molecule has 0 spiro atoms. The molecule has 0 aromatic carbocycles. The van der Waals surface area contributed by atoms with E-state index in [2.05, 4.69) is 9.97 Å². The summed E-state index contributed by atoms with van der Waals surface area (Å²) >= 11 is 7.08. The topological polar surface area (TPSA) is 63.1 Å². The predicted molar refractivity (Wildman–Crippen MR) is 57.3 cm³/mol. The molecule has 1 N–H and O–H groups in total. The fraction of sp³-hybridized carbons (Fsp3) is 0. The van der Waals surface area contributed by atoms with Crippen molar-refractivity contribution in [2.45, 2.75) is 0 Å². The number of pyridine rings is 1. The molecule has 0 atom stereocenters. The van der Waals surface area contributed by atoms with Crippen molar-refractivity contribution in [3.05, 3.63) is 34.4 Å².